The lowest BCUT2D eigenvalue weighted by Crippen LogP contribution is -2.40. The third kappa shape index (κ3) is 6.61. The third-order valence-corrected chi connectivity index (χ3v) is 6.25. The van der Waals surface area contributed by atoms with Crippen molar-refractivity contribution in [1.82, 2.24) is 0 Å². The van der Waals surface area contributed by atoms with Gasteiger partial charge in [-0.2, -0.15) is 0 Å². The van der Waals surface area contributed by atoms with E-state index in [0.717, 1.165) is 25.7 Å². The smallest absolute Gasteiger partial charge is 0.338 e. The zero-order valence-corrected chi connectivity index (χ0v) is 18.6. The number of unbranched alkanes of at least 4 members (excludes halogenated alkanes) is 4. The van der Waals surface area contributed by atoms with Crippen LogP contribution in [0.15, 0.2) is 29.3 Å². The predicted molar refractivity (Wildman–Crippen MR) is 119 cm³/mol. The predicted octanol–water partition coefficient (Wildman–Crippen LogP) is 5.87. The van der Waals surface area contributed by atoms with Crippen molar-refractivity contribution in [3.63, 3.8) is 0 Å². The molecule has 0 atom stereocenters. The number of aliphatic imine (C=N–C) groups is 1. The summed E-state index contributed by atoms with van der Waals surface area (Å²) in [6, 6.07) is 6.73. The number of nitrogens with zero attached hydrogens (tertiary/aromatic N) is 1. The minimum absolute atomic E-state index is 0.0437. The average molecular weight is 414 g/mol. The lowest BCUT2D eigenvalue weighted by atomic mass is 9.66. The molecule has 0 unspecified atom stereocenters. The second kappa shape index (κ2) is 11.8. The molecule has 30 heavy (non-hydrogen) atoms. The third-order valence-electron chi connectivity index (χ3n) is 6.25. The number of hydrogen-bond donors (Lipinski definition) is 0. The molecule has 0 bridgehead atoms. The maximum absolute atomic E-state index is 12.5. The number of ether oxygens (including phenoxy) is 1. The zero-order valence-electron chi connectivity index (χ0n) is 18.6. The Morgan fingerprint density at radius 1 is 1.00 bits per heavy atom. The van der Waals surface area contributed by atoms with Crippen LogP contribution in [0.5, 0.6) is 0 Å². The minimum Gasteiger partial charge on any atom is -0.462 e. The Labute approximate surface area is 180 Å². The van der Waals surface area contributed by atoms with Gasteiger partial charge in [-0.3, -0.25) is 14.6 Å². The highest BCUT2D eigenvalue weighted by molar-refractivity contribution is 6.16. The van der Waals surface area contributed by atoms with Crippen LogP contribution in [0, 0.1) is 11.3 Å². The Morgan fingerprint density at radius 2 is 1.60 bits per heavy atom. The van der Waals surface area contributed by atoms with E-state index < -0.39 is 5.92 Å². The second-order valence-corrected chi connectivity index (χ2v) is 8.35. The molecule has 1 aliphatic carbocycles. The summed E-state index contributed by atoms with van der Waals surface area (Å²) in [7, 11) is 0. The van der Waals surface area contributed by atoms with E-state index in [2.05, 4.69) is 11.9 Å². The quantitative estimate of drug-likeness (QED) is 0.197. The Hall–Kier alpha value is -2.30. The van der Waals surface area contributed by atoms with E-state index in [1.165, 1.54) is 25.5 Å². The molecule has 1 aromatic carbocycles. The molecule has 0 heterocycles. The first-order valence-corrected chi connectivity index (χ1v) is 11.3. The van der Waals surface area contributed by atoms with Crippen molar-refractivity contribution in [2.24, 2.45) is 16.3 Å². The number of esters is 1. The summed E-state index contributed by atoms with van der Waals surface area (Å²) in [5, 5.41) is 0. The number of ketones is 2. The van der Waals surface area contributed by atoms with Crippen molar-refractivity contribution in [2.75, 3.05) is 6.61 Å². The van der Waals surface area contributed by atoms with E-state index in [0.29, 0.717) is 30.7 Å². The largest absolute Gasteiger partial charge is 0.462 e. The van der Waals surface area contributed by atoms with Crippen LogP contribution in [-0.4, -0.2) is 30.4 Å². The van der Waals surface area contributed by atoms with Gasteiger partial charge in [0.15, 0.2) is 0 Å². The fourth-order valence-electron chi connectivity index (χ4n) is 3.92. The number of carbonyl (C=O) groups excluding carboxylic acids is 3. The van der Waals surface area contributed by atoms with Crippen molar-refractivity contribution in [2.45, 2.75) is 78.6 Å². The van der Waals surface area contributed by atoms with Crippen LogP contribution in [-0.2, 0) is 14.3 Å². The highest BCUT2D eigenvalue weighted by Gasteiger charge is 2.42. The Balaban J connectivity index is 1.88. The fraction of sp³-hybridized carbons (Fsp3) is 0.600. The number of carbonyl (C=O) groups is 3. The van der Waals surface area contributed by atoms with E-state index in [9.17, 15) is 14.4 Å². The molecule has 2 rings (SSSR count). The van der Waals surface area contributed by atoms with Crippen molar-refractivity contribution < 1.29 is 19.1 Å². The van der Waals surface area contributed by atoms with Gasteiger partial charge in [-0.15, -0.1) is 0 Å². The van der Waals surface area contributed by atoms with Gasteiger partial charge < -0.3 is 4.74 Å². The van der Waals surface area contributed by atoms with Gasteiger partial charge in [0, 0.05) is 19.1 Å². The van der Waals surface area contributed by atoms with Gasteiger partial charge in [0.25, 0.3) is 0 Å². The summed E-state index contributed by atoms with van der Waals surface area (Å²) in [5.74, 6) is -1.18. The minimum atomic E-state index is -0.756. The SMILES string of the molecule is CCCCCCCOC(=O)c1ccc(N=CC2C(=O)CC(CC)(CC)CC2=O)cc1. The molecule has 1 fully saturated rings. The van der Waals surface area contributed by atoms with E-state index in [1.54, 1.807) is 24.3 Å². The molecule has 0 spiro atoms. The molecule has 1 saturated carbocycles. The molecule has 0 N–H and O–H groups in total. The molecule has 0 amide bonds. The fourth-order valence-corrected chi connectivity index (χ4v) is 3.92. The highest BCUT2D eigenvalue weighted by atomic mass is 16.5. The first-order chi connectivity index (χ1) is 14.4. The second-order valence-electron chi connectivity index (χ2n) is 8.35. The molecule has 0 aliphatic heterocycles. The average Bonchev–Trinajstić information content (AvgIpc) is 2.75. The van der Waals surface area contributed by atoms with Gasteiger partial charge in [0.2, 0.25) is 0 Å². The molecule has 5 nitrogen and oxygen atoms in total. The van der Waals surface area contributed by atoms with Crippen molar-refractivity contribution in [3.8, 4) is 0 Å². The summed E-state index contributed by atoms with van der Waals surface area (Å²) in [5.41, 5.74) is 0.897. The van der Waals surface area contributed by atoms with Crippen LogP contribution < -0.4 is 0 Å². The molecule has 1 aliphatic rings. The monoisotopic (exact) mass is 413 g/mol. The lowest BCUT2D eigenvalue weighted by molar-refractivity contribution is -0.137. The van der Waals surface area contributed by atoms with Crippen LogP contribution in [0.2, 0.25) is 0 Å². The standard InChI is InChI=1S/C25H35NO4/c1-4-7-8-9-10-15-30-24(29)19-11-13-20(14-12-19)26-18-21-22(27)16-25(5-2,6-3)17-23(21)28/h11-14,18,21H,4-10,15-17H2,1-3H3. The van der Waals surface area contributed by atoms with Gasteiger partial charge >= 0.3 is 5.97 Å². The summed E-state index contributed by atoms with van der Waals surface area (Å²) >= 11 is 0. The van der Waals surface area contributed by atoms with Gasteiger partial charge in [-0.05, 0) is 48.9 Å². The molecule has 1 aromatic rings. The number of rotatable bonds is 11. The number of benzene rings is 1. The first kappa shape index (κ1) is 24.0. The van der Waals surface area contributed by atoms with Crippen LogP contribution in [0.3, 0.4) is 0 Å². The number of hydrogen-bond acceptors (Lipinski definition) is 5. The normalized spacial score (nSPS) is 16.9. The van der Waals surface area contributed by atoms with Gasteiger partial charge in [0.1, 0.15) is 17.5 Å². The van der Waals surface area contributed by atoms with E-state index in [-0.39, 0.29) is 23.0 Å². The summed E-state index contributed by atoms with van der Waals surface area (Å²) in [4.78, 5) is 41.4. The summed E-state index contributed by atoms with van der Waals surface area (Å²) in [6.45, 7) is 6.68. The molecular weight excluding hydrogens is 378 g/mol. The maximum Gasteiger partial charge on any atom is 0.338 e. The topological polar surface area (TPSA) is 72.8 Å². The Morgan fingerprint density at radius 3 is 2.17 bits per heavy atom. The van der Waals surface area contributed by atoms with Crippen LogP contribution in [0.1, 0.15) is 88.9 Å². The molecule has 5 heteroatoms. The van der Waals surface area contributed by atoms with Crippen LogP contribution >= 0.6 is 0 Å². The molecule has 0 radical (unpaired) electrons. The molecule has 0 saturated heterocycles. The van der Waals surface area contributed by atoms with Crippen molar-refractivity contribution in [1.29, 1.82) is 0 Å². The number of Topliss-reactive ketones (excluding diaryl/α,β-unsaturated/α-hetero) is 2. The van der Waals surface area contributed by atoms with E-state index in [1.807, 2.05) is 13.8 Å². The summed E-state index contributed by atoms with van der Waals surface area (Å²) < 4.78 is 5.31. The van der Waals surface area contributed by atoms with Crippen LogP contribution in [0.25, 0.3) is 0 Å². The Kier molecular flexibility index (Phi) is 9.41. The molecule has 164 valence electrons. The highest BCUT2D eigenvalue weighted by Crippen LogP contribution is 2.40. The maximum atomic E-state index is 12.5. The zero-order chi connectivity index (χ0) is 22.0. The Bertz CT molecular complexity index is 727. The van der Waals surface area contributed by atoms with Gasteiger partial charge in [-0.25, -0.2) is 4.79 Å². The van der Waals surface area contributed by atoms with Crippen molar-refractivity contribution >= 4 is 29.4 Å². The lowest BCUT2D eigenvalue weighted by Gasteiger charge is -2.36. The molecular formula is C25H35NO4. The summed E-state index contributed by atoms with van der Waals surface area (Å²) in [6.07, 6.45) is 9.54. The van der Waals surface area contributed by atoms with Crippen LogP contribution in [0.4, 0.5) is 5.69 Å². The first-order valence-electron chi connectivity index (χ1n) is 11.3. The van der Waals surface area contributed by atoms with E-state index in [4.69, 9.17) is 4.74 Å². The van der Waals surface area contributed by atoms with Gasteiger partial charge in [0.05, 0.1) is 17.9 Å². The van der Waals surface area contributed by atoms with Crippen molar-refractivity contribution in [3.05, 3.63) is 29.8 Å². The van der Waals surface area contributed by atoms with Gasteiger partial charge in [-0.1, -0.05) is 46.5 Å². The van der Waals surface area contributed by atoms with E-state index >= 15 is 0 Å². The molecule has 0 aromatic heterocycles.